The molecule has 0 spiro atoms. The molecule has 3 nitrogen and oxygen atoms in total. The zero-order chi connectivity index (χ0) is 14.7. The maximum atomic E-state index is 4.74. The third kappa shape index (κ3) is 3.38. The molecule has 0 amide bonds. The summed E-state index contributed by atoms with van der Waals surface area (Å²) in [5, 5.41) is 7.10. The first-order valence-corrected chi connectivity index (χ1v) is 9.03. The Bertz CT molecular complexity index is 585. The molecule has 114 valence electrons. The Morgan fingerprint density at radius 1 is 1.38 bits per heavy atom. The van der Waals surface area contributed by atoms with Gasteiger partial charge in [-0.15, -0.1) is 11.3 Å². The summed E-state index contributed by atoms with van der Waals surface area (Å²) in [7, 11) is 0. The van der Waals surface area contributed by atoms with E-state index in [4.69, 9.17) is 4.98 Å². The topological polar surface area (TPSA) is 29.9 Å². The van der Waals surface area contributed by atoms with Crippen molar-refractivity contribution in [1.82, 2.24) is 14.9 Å². The van der Waals surface area contributed by atoms with Crippen molar-refractivity contribution < 1.29 is 0 Å². The minimum Gasteiger partial charge on any atom is -0.348 e. The molecule has 1 aliphatic rings. The molecule has 0 aliphatic heterocycles. The van der Waals surface area contributed by atoms with E-state index in [1.54, 1.807) is 11.3 Å². The van der Waals surface area contributed by atoms with Crippen molar-refractivity contribution in [2.45, 2.75) is 58.5 Å². The molecule has 0 bridgehead atoms. The van der Waals surface area contributed by atoms with Crippen LogP contribution in [0.25, 0.3) is 0 Å². The number of thiazole rings is 1. The largest absolute Gasteiger partial charge is 0.348 e. The molecule has 21 heavy (non-hydrogen) atoms. The van der Waals surface area contributed by atoms with Crippen LogP contribution in [0.2, 0.25) is 0 Å². The smallest absolute Gasteiger partial charge is 0.0928 e. The lowest BCUT2D eigenvalue weighted by molar-refractivity contribution is 0.473. The van der Waals surface area contributed by atoms with Gasteiger partial charge in [0, 0.05) is 23.8 Å². The lowest BCUT2D eigenvalue weighted by Crippen LogP contribution is -2.23. The number of nitrogens with zero attached hydrogens (tertiary/aromatic N) is 2. The summed E-state index contributed by atoms with van der Waals surface area (Å²) >= 11 is 1.80. The van der Waals surface area contributed by atoms with Gasteiger partial charge in [-0.05, 0) is 49.8 Å². The standard InChI is InChI=1S/C17H25N3S/c1-3-6-17-19-14(12-21-17)10-20-9-13-7-5-8-16(18-4-2)15(13)11-20/h9,11-12,16,18H,3-8,10H2,1-2H3. The third-order valence-electron chi connectivity index (χ3n) is 4.17. The van der Waals surface area contributed by atoms with Gasteiger partial charge in [0.1, 0.15) is 0 Å². The van der Waals surface area contributed by atoms with Gasteiger partial charge in [-0.1, -0.05) is 13.8 Å². The summed E-state index contributed by atoms with van der Waals surface area (Å²) < 4.78 is 2.32. The normalized spacial score (nSPS) is 17.9. The monoisotopic (exact) mass is 303 g/mol. The maximum absolute atomic E-state index is 4.74. The van der Waals surface area contributed by atoms with E-state index < -0.39 is 0 Å². The number of nitrogens with one attached hydrogen (secondary N) is 1. The SMILES string of the molecule is CCCc1nc(Cn2cc3c(c2)C(NCC)CCC3)cs1. The molecular formula is C17H25N3S. The van der Waals surface area contributed by atoms with Crippen molar-refractivity contribution >= 4 is 11.3 Å². The molecule has 2 heterocycles. The fourth-order valence-corrected chi connectivity index (χ4v) is 4.13. The molecule has 1 unspecified atom stereocenters. The molecule has 0 saturated heterocycles. The van der Waals surface area contributed by atoms with E-state index >= 15 is 0 Å². The molecular weight excluding hydrogens is 278 g/mol. The average Bonchev–Trinajstić information content (AvgIpc) is 3.07. The Balaban J connectivity index is 1.74. The van der Waals surface area contributed by atoms with E-state index in [0.29, 0.717) is 6.04 Å². The van der Waals surface area contributed by atoms with Gasteiger partial charge in [0.05, 0.1) is 17.2 Å². The zero-order valence-electron chi connectivity index (χ0n) is 13.1. The molecule has 0 radical (unpaired) electrons. The van der Waals surface area contributed by atoms with Crippen molar-refractivity contribution in [2.24, 2.45) is 0 Å². The van der Waals surface area contributed by atoms with Crippen LogP contribution in [0.15, 0.2) is 17.8 Å². The fourth-order valence-electron chi connectivity index (χ4n) is 3.24. The maximum Gasteiger partial charge on any atom is 0.0928 e. The first kappa shape index (κ1) is 14.8. The van der Waals surface area contributed by atoms with Gasteiger partial charge in [-0.25, -0.2) is 4.98 Å². The summed E-state index contributed by atoms with van der Waals surface area (Å²) in [6, 6.07) is 0.547. The van der Waals surface area contributed by atoms with Crippen molar-refractivity contribution in [3.63, 3.8) is 0 Å². The number of aromatic nitrogens is 2. The van der Waals surface area contributed by atoms with Crippen LogP contribution in [0.4, 0.5) is 0 Å². The Hall–Kier alpha value is -1.13. The molecule has 0 fully saturated rings. The minimum absolute atomic E-state index is 0.547. The summed E-state index contributed by atoms with van der Waals surface area (Å²) in [5.74, 6) is 0. The quantitative estimate of drug-likeness (QED) is 0.876. The number of hydrogen-bond acceptors (Lipinski definition) is 3. The van der Waals surface area contributed by atoms with Crippen LogP contribution < -0.4 is 5.32 Å². The van der Waals surface area contributed by atoms with Crippen LogP contribution in [-0.4, -0.2) is 16.1 Å². The number of rotatable bonds is 6. The third-order valence-corrected chi connectivity index (χ3v) is 5.13. The van der Waals surface area contributed by atoms with E-state index in [9.17, 15) is 0 Å². The Morgan fingerprint density at radius 2 is 2.29 bits per heavy atom. The molecule has 1 N–H and O–H groups in total. The van der Waals surface area contributed by atoms with Gasteiger partial charge in [-0.2, -0.15) is 0 Å². The molecule has 1 atom stereocenters. The predicted molar refractivity (Wildman–Crippen MR) is 89.0 cm³/mol. The number of fused-ring (bicyclic) bond motifs is 1. The average molecular weight is 303 g/mol. The van der Waals surface area contributed by atoms with Crippen LogP contribution in [0, 0.1) is 0 Å². The van der Waals surface area contributed by atoms with Gasteiger partial charge in [0.15, 0.2) is 0 Å². The van der Waals surface area contributed by atoms with E-state index in [1.165, 1.54) is 47.5 Å². The van der Waals surface area contributed by atoms with Crippen molar-refractivity contribution in [3.8, 4) is 0 Å². The highest BCUT2D eigenvalue weighted by atomic mass is 32.1. The van der Waals surface area contributed by atoms with E-state index in [-0.39, 0.29) is 0 Å². The van der Waals surface area contributed by atoms with Gasteiger partial charge >= 0.3 is 0 Å². The zero-order valence-corrected chi connectivity index (χ0v) is 13.9. The van der Waals surface area contributed by atoms with Crippen molar-refractivity contribution in [1.29, 1.82) is 0 Å². The van der Waals surface area contributed by atoms with Crippen LogP contribution in [0.5, 0.6) is 0 Å². The summed E-state index contributed by atoms with van der Waals surface area (Å²) in [6.45, 7) is 6.35. The van der Waals surface area contributed by atoms with Crippen LogP contribution in [0.1, 0.15) is 61.0 Å². The van der Waals surface area contributed by atoms with Crippen LogP contribution >= 0.6 is 11.3 Å². The highest BCUT2D eigenvalue weighted by Crippen LogP contribution is 2.30. The summed E-state index contributed by atoms with van der Waals surface area (Å²) in [6.07, 6.45) is 10.7. The highest BCUT2D eigenvalue weighted by Gasteiger charge is 2.21. The van der Waals surface area contributed by atoms with Crippen molar-refractivity contribution in [3.05, 3.63) is 39.6 Å². The summed E-state index contributed by atoms with van der Waals surface area (Å²) in [5.41, 5.74) is 4.24. The van der Waals surface area contributed by atoms with E-state index in [0.717, 1.165) is 19.5 Å². The molecule has 4 heteroatoms. The minimum atomic E-state index is 0.547. The summed E-state index contributed by atoms with van der Waals surface area (Å²) in [4.78, 5) is 4.74. The van der Waals surface area contributed by atoms with Gasteiger partial charge in [-0.3, -0.25) is 0 Å². The first-order valence-electron chi connectivity index (χ1n) is 8.15. The lowest BCUT2D eigenvalue weighted by Gasteiger charge is -2.22. The van der Waals surface area contributed by atoms with Gasteiger partial charge in [0.25, 0.3) is 0 Å². The molecule has 2 aromatic rings. The van der Waals surface area contributed by atoms with Crippen LogP contribution in [-0.2, 0) is 19.4 Å². The predicted octanol–water partition coefficient (Wildman–Crippen LogP) is 3.93. The molecule has 0 saturated carbocycles. The van der Waals surface area contributed by atoms with Gasteiger partial charge in [0.2, 0.25) is 0 Å². The molecule has 1 aliphatic carbocycles. The first-order chi connectivity index (χ1) is 10.3. The lowest BCUT2D eigenvalue weighted by atomic mass is 9.91. The van der Waals surface area contributed by atoms with E-state index in [2.05, 4.69) is 41.5 Å². The second kappa shape index (κ2) is 6.75. The second-order valence-corrected chi connectivity index (χ2v) is 6.84. The fraction of sp³-hybridized carbons (Fsp3) is 0.588. The Labute approximate surface area is 131 Å². The Kier molecular flexibility index (Phi) is 4.76. The van der Waals surface area contributed by atoms with Crippen molar-refractivity contribution in [2.75, 3.05) is 6.54 Å². The molecule has 0 aromatic carbocycles. The highest BCUT2D eigenvalue weighted by molar-refractivity contribution is 7.09. The van der Waals surface area contributed by atoms with Crippen LogP contribution in [0.3, 0.4) is 0 Å². The number of aryl methyl sites for hydroxylation is 2. The van der Waals surface area contributed by atoms with Gasteiger partial charge < -0.3 is 9.88 Å². The van der Waals surface area contributed by atoms with E-state index in [1.807, 2.05) is 0 Å². The number of hydrogen-bond donors (Lipinski definition) is 1. The second-order valence-electron chi connectivity index (χ2n) is 5.90. The molecule has 2 aromatic heterocycles. The Morgan fingerprint density at radius 3 is 3.10 bits per heavy atom. The molecule has 3 rings (SSSR count).